The Morgan fingerprint density at radius 2 is 0.815 bits per heavy atom. The Balaban J connectivity index is -0.000000411. The Morgan fingerprint density at radius 3 is 0.963 bits per heavy atom. The van der Waals surface area contributed by atoms with Gasteiger partial charge in [0.1, 0.15) is 49.8 Å². The van der Waals surface area contributed by atoms with Crippen LogP contribution in [0, 0.1) is 0 Å². The molecule has 0 aliphatic carbocycles. The fourth-order valence-electron chi connectivity index (χ4n) is 1.19. The number of ketones is 2. The van der Waals surface area contributed by atoms with Crippen molar-refractivity contribution in [2.45, 2.75) is 36.6 Å². The monoisotopic (exact) mass is 426 g/mol. The molecule has 0 aromatic rings. The summed E-state index contributed by atoms with van der Waals surface area (Å²) in [7, 11) is 0. The van der Waals surface area contributed by atoms with Gasteiger partial charge in [-0.15, -0.1) is 0 Å². The molecular weight excluding hydrogens is 408 g/mol. The summed E-state index contributed by atoms with van der Waals surface area (Å²) >= 11 is 0. The maximum Gasteiger partial charge on any atom is 2.00 e. The molecule has 0 aliphatic rings. The molecule has 14 nitrogen and oxygen atoms in total. The third-order valence-electron chi connectivity index (χ3n) is 2.75. The molecule has 8 N–H and O–H groups in total. The third kappa shape index (κ3) is 11.0. The number of aliphatic hydroxyl groups excluding tert-OH is 8. The van der Waals surface area contributed by atoms with Crippen LogP contribution in [0.5, 0.6) is 0 Å². The number of carbonyl (C=O) groups excluding carboxylic acids is 4. The van der Waals surface area contributed by atoms with E-state index in [1.54, 1.807) is 0 Å². The van der Waals surface area contributed by atoms with E-state index in [1.165, 1.54) is 0 Å². The zero-order chi connectivity index (χ0) is 21.2. The Hall–Kier alpha value is -0.780. The number of Topliss-reactive ketones (excluding diaryl/α,β-unsaturated/α-hetero) is 2. The average molecular weight is 426 g/mol. The number of carboxylic acids is 2. The van der Waals surface area contributed by atoms with Gasteiger partial charge in [0.25, 0.3) is 0 Å². The second kappa shape index (κ2) is 15.2. The number of hydrogen-bond acceptors (Lipinski definition) is 14. The summed E-state index contributed by atoms with van der Waals surface area (Å²) in [6, 6.07) is 0. The SMILES string of the molecule is O=C([O-])[C@@H](O)[C@@H](O)[C@H](O)C(=O)CO.O=C([O-])[C@@H](O)[C@@H](O)[C@H](O)C(=O)CO.[Ca+2]. The van der Waals surface area contributed by atoms with Crippen LogP contribution in [0.1, 0.15) is 0 Å². The third-order valence-corrected chi connectivity index (χ3v) is 2.75. The second-order valence-corrected chi connectivity index (χ2v) is 4.65. The van der Waals surface area contributed by atoms with Crippen LogP contribution in [-0.4, -0.2) is 152 Å². The average Bonchev–Trinajstić information content (AvgIpc) is 2.62. The van der Waals surface area contributed by atoms with Crippen LogP contribution in [0.25, 0.3) is 0 Å². The Bertz CT molecular complexity index is 452. The molecule has 0 amide bonds. The van der Waals surface area contributed by atoms with Crippen LogP contribution in [0.2, 0.25) is 0 Å². The van der Waals surface area contributed by atoms with Crippen molar-refractivity contribution in [1.82, 2.24) is 0 Å². The molecule has 0 fully saturated rings. The molecule has 0 aliphatic heterocycles. The minimum atomic E-state index is -2.37. The molecule has 15 heteroatoms. The minimum Gasteiger partial charge on any atom is -0.547 e. The van der Waals surface area contributed by atoms with Gasteiger partial charge in [-0.25, -0.2) is 0 Å². The molecule has 0 rings (SSSR count). The molecule has 6 atom stereocenters. The first-order valence-corrected chi connectivity index (χ1v) is 6.60. The summed E-state index contributed by atoms with van der Waals surface area (Å²) in [5.74, 6) is -6.41. The Morgan fingerprint density at radius 1 is 0.593 bits per heavy atom. The molecule has 0 saturated carbocycles. The van der Waals surface area contributed by atoms with Gasteiger partial charge in [0.15, 0.2) is 11.6 Å². The molecule has 0 spiro atoms. The normalized spacial score (nSPS) is 16.9. The van der Waals surface area contributed by atoms with Gasteiger partial charge in [-0.1, -0.05) is 0 Å². The van der Waals surface area contributed by atoms with Gasteiger partial charge >= 0.3 is 37.7 Å². The van der Waals surface area contributed by atoms with Gasteiger partial charge in [-0.05, 0) is 0 Å². The molecule has 152 valence electrons. The van der Waals surface area contributed by atoms with E-state index >= 15 is 0 Å². The molecule has 0 unspecified atom stereocenters. The molecular formula is C12H18CaO14. The number of aliphatic carboxylic acids is 2. The Labute approximate surface area is 180 Å². The summed E-state index contributed by atoms with van der Waals surface area (Å²) in [5, 5.41) is 88.7. The van der Waals surface area contributed by atoms with E-state index in [2.05, 4.69) is 0 Å². The van der Waals surface area contributed by atoms with Gasteiger partial charge < -0.3 is 60.7 Å². The molecule has 27 heavy (non-hydrogen) atoms. The first-order valence-electron chi connectivity index (χ1n) is 6.60. The van der Waals surface area contributed by atoms with Crippen LogP contribution in [0.4, 0.5) is 0 Å². The van der Waals surface area contributed by atoms with Crippen molar-refractivity contribution in [2.75, 3.05) is 13.2 Å². The van der Waals surface area contributed by atoms with E-state index in [0.717, 1.165) is 0 Å². The smallest absolute Gasteiger partial charge is 0.547 e. The fourth-order valence-corrected chi connectivity index (χ4v) is 1.19. The topological polar surface area (TPSA) is 276 Å². The van der Waals surface area contributed by atoms with Crippen molar-refractivity contribution in [3.8, 4) is 0 Å². The molecule has 0 saturated heterocycles. The standard InChI is InChI=1S/2C6H10O7.Ca/c2*7-1-2(8)3(9)4(10)5(11)6(12)13;/h2*3-5,7,9-11H,1H2,(H,12,13);/q;;+2/p-2/t2*3-,4+,5+;/m11./s1. The summed E-state index contributed by atoms with van der Waals surface area (Å²) < 4.78 is 0. The maximum atomic E-state index is 10.5. The quantitative estimate of drug-likeness (QED) is 0.151. The molecule has 0 heterocycles. The van der Waals surface area contributed by atoms with Crippen molar-refractivity contribution in [1.29, 1.82) is 0 Å². The summed E-state index contributed by atoms with van der Waals surface area (Å²) in [6.07, 6.45) is -13.4. The van der Waals surface area contributed by atoms with Gasteiger partial charge in [0.2, 0.25) is 0 Å². The number of aliphatic hydroxyl groups is 8. The first-order chi connectivity index (χ1) is 11.8. The van der Waals surface area contributed by atoms with Gasteiger partial charge in [-0.3, -0.25) is 9.59 Å². The summed E-state index contributed by atoms with van der Waals surface area (Å²) in [6.45, 7) is -2.12. The largest absolute Gasteiger partial charge is 2.00 e. The molecule has 0 aromatic heterocycles. The van der Waals surface area contributed by atoms with E-state index in [9.17, 15) is 29.4 Å². The zero-order valence-electron chi connectivity index (χ0n) is 13.6. The maximum absolute atomic E-state index is 10.5. The predicted octanol–water partition coefficient (Wildman–Crippen LogP) is -9.62. The molecule has 0 bridgehead atoms. The van der Waals surface area contributed by atoms with E-state index in [1.807, 2.05) is 0 Å². The van der Waals surface area contributed by atoms with Gasteiger partial charge in [0.05, 0.1) is 11.9 Å². The number of carboxylic acid groups (broad SMARTS) is 2. The van der Waals surface area contributed by atoms with Crippen LogP contribution >= 0.6 is 0 Å². The van der Waals surface area contributed by atoms with E-state index in [4.69, 9.17) is 40.9 Å². The fraction of sp³-hybridized carbons (Fsp3) is 0.667. The van der Waals surface area contributed by atoms with Crippen molar-refractivity contribution >= 4 is 61.2 Å². The molecule has 0 radical (unpaired) electrons. The predicted molar refractivity (Wildman–Crippen MR) is 76.0 cm³/mol. The van der Waals surface area contributed by atoms with E-state index < -0.39 is 73.3 Å². The van der Waals surface area contributed by atoms with Crippen molar-refractivity contribution < 1.29 is 70.2 Å². The minimum absolute atomic E-state index is 0. The van der Waals surface area contributed by atoms with Gasteiger partial charge in [-0.2, -0.15) is 0 Å². The van der Waals surface area contributed by atoms with E-state index in [-0.39, 0.29) is 37.7 Å². The zero-order valence-corrected chi connectivity index (χ0v) is 15.8. The van der Waals surface area contributed by atoms with Crippen molar-refractivity contribution in [3.05, 3.63) is 0 Å². The van der Waals surface area contributed by atoms with Gasteiger partial charge in [0, 0.05) is 0 Å². The number of hydrogen-bond donors (Lipinski definition) is 8. The van der Waals surface area contributed by atoms with Crippen LogP contribution in [0.15, 0.2) is 0 Å². The Kier molecular flexibility index (Phi) is 17.4. The van der Waals surface area contributed by atoms with E-state index in [0.29, 0.717) is 0 Å². The molecule has 0 aromatic carbocycles. The summed E-state index contributed by atoms with van der Waals surface area (Å²) in [4.78, 5) is 40.9. The number of carbonyl (C=O) groups is 4. The van der Waals surface area contributed by atoms with Crippen molar-refractivity contribution in [2.24, 2.45) is 0 Å². The second-order valence-electron chi connectivity index (χ2n) is 4.65. The summed E-state index contributed by atoms with van der Waals surface area (Å²) in [5.41, 5.74) is 0. The van der Waals surface area contributed by atoms with Crippen LogP contribution in [-0.2, 0) is 19.2 Å². The first kappa shape index (κ1) is 30.9. The van der Waals surface area contributed by atoms with Crippen LogP contribution < -0.4 is 10.2 Å². The van der Waals surface area contributed by atoms with Crippen molar-refractivity contribution in [3.63, 3.8) is 0 Å². The number of rotatable bonds is 10. The van der Waals surface area contributed by atoms with Crippen LogP contribution in [0.3, 0.4) is 0 Å².